The normalized spacial score (nSPS) is 27.0. The summed E-state index contributed by atoms with van der Waals surface area (Å²) < 4.78 is 0. The van der Waals surface area contributed by atoms with Crippen molar-refractivity contribution in [3.8, 4) is 0 Å². The summed E-state index contributed by atoms with van der Waals surface area (Å²) in [6, 6.07) is 8.37. The Bertz CT molecular complexity index is 614. The van der Waals surface area contributed by atoms with Crippen molar-refractivity contribution in [2.24, 2.45) is 5.92 Å². The SMILES string of the molecule is Cc1ccc(C(=O)N2CCCC(C(=O)NC3CCNC(C)C3)C2)cc1. The fourth-order valence-corrected chi connectivity index (χ4v) is 3.84. The van der Waals surface area contributed by atoms with E-state index < -0.39 is 0 Å². The van der Waals surface area contributed by atoms with Gasteiger partial charge in [0.15, 0.2) is 0 Å². The minimum atomic E-state index is -0.0895. The minimum absolute atomic E-state index is 0.0352. The molecule has 1 aromatic rings. The van der Waals surface area contributed by atoms with Crippen molar-refractivity contribution < 1.29 is 9.59 Å². The van der Waals surface area contributed by atoms with Crippen molar-refractivity contribution in [3.05, 3.63) is 35.4 Å². The highest BCUT2D eigenvalue weighted by Crippen LogP contribution is 2.20. The van der Waals surface area contributed by atoms with Crippen LogP contribution in [-0.2, 0) is 4.79 Å². The summed E-state index contributed by atoms with van der Waals surface area (Å²) in [7, 11) is 0. The fourth-order valence-electron chi connectivity index (χ4n) is 3.84. The quantitative estimate of drug-likeness (QED) is 0.884. The zero-order valence-corrected chi connectivity index (χ0v) is 15.3. The molecule has 3 unspecified atom stereocenters. The Morgan fingerprint density at radius 1 is 1.20 bits per heavy atom. The molecule has 2 N–H and O–H groups in total. The second-order valence-electron chi connectivity index (χ2n) is 7.54. The molecule has 2 heterocycles. The van der Waals surface area contributed by atoms with E-state index in [9.17, 15) is 9.59 Å². The number of amides is 2. The van der Waals surface area contributed by atoms with Gasteiger partial charge in [-0.1, -0.05) is 17.7 Å². The molecular formula is C20H29N3O2. The summed E-state index contributed by atoms with van der Waals surface area (Å²) in [4.78, 5) is 27.2. The zero-order valence-electron chi connectivity index (χ0n) is 15.3. The topological polar surface area (TPSA) is 61.4 Å². The molecule has 0 radical (unpaired) electrons. The summed E-state index contributed by atoms with van der Waals surface area (Å²) in [5.74, 6) is 0.0573. The third-order valence-electron chi connectivity index (χ3n) is 5.35. The smallest absolute Gasteiger partial charge is 0.253 e. The molecule has 5 nitrogen and oxygen atoms in total. The van der Waals surface area contributed by atoms with Crippen molar-refractivity contribution >= 4 is 11.8 Å². The first-order valence-corrected chi connectivity index (χ1v) is 9.42. The van der Waals surface area contributed by atoms with Gasteiger partial charge in [0, 0.05) is 30.7 Å². The van der Waals surface area contributed by atoms with Gasteiger partial charge in [-0.05, 0) is 58.2 Å². The highest BCUT2D eigenvalue weighted by atomic mass is 16.2. The lowest BCUT2D eigenvalue weighted by molar-refractivity contribution is -0.127. The number of rotatable bonds is 3. The summed E-state index contributed by atoms with van der Waals surface area (Å²) in [6.45, 7) is 6.38. The molecule has 5 heteroatoms. The Balaban J connectivity index is 1.57. The lowest BCUT2D eigenvalue weighted by atomic mass is 9.94. The molecule has 0 saturated carbocycles. The van der Waals surface area contributed by atoms with E-state index in [4.69, 9.17) is 0 Å². The number of likely N-dealkylation sites (tertiary alicyclic amines) is 1. The number of benzene rings is 1. The molecule has 0 bridgehead atoms. The molecular weight excluding hydrogens is 314 g/mol. The maximum atomic E-state index is 12.7. The van der Waals surface area contributed by atoms with Gasteiger partial charge in [-0.15, -0.1) is 0 Å². The third-order valence-corrected chi connectivity index (χ3v) is 5.35. The molecule has 0 aromatic heterocycles. The lowest BCUT2D eigenvalue weighted by Crippen LogP contribution is -2.51. The van der Waals surface area contributed by atoms with Crippen molar-refractivity contribution in [1.82, 2.24) is 15.5 Å². The van der Waals surface area contributed by atoms with E-state index >= 15 is 0 Å². The van der Waals surface area contributed by atoms with Crippen LogP contribution in [-0.4, -0.2) is 48.4 Å². The van der Waals surface area contributed by atoms with Gasteiger partial charge in [-0.3, -0.25) is 9.59 Å². The van der Waals surface area contributed by atoms with Gasteiger partial charge in [-0.2, -0.15) is 0 Å². The van der Waals surface area contributed by atoms with E-state index in [-0.39, 0.29) is 23.8 Å². The molecule has 0 spiro atoms. The second kappa shape index (κ2) is 8.00. The van der Waals surface area contributed by atoms with Crippen LogP contribution in [0.25, 0.3) is 0 Å². The third kappa shape index (κ3) is 4.60. The number of carbonyl (C=O) groups is 2. The zero-order chi connectivity index (χ0) is 17.8. The Morgan fingerprint density at radius 3 is 2.68 bits per heavy atom. The first kappa shape index (κ1) is 17.9. The van der Waals surface area contributed by atoms with Crippen molar-refractivity contribution in [1.29, 1.82) is 0 Å². The average molecular weight is 343 g/mol. The van der Waals surface area contributed by atoms with Gasteiger partial charge in [0.2, 0.25) is 5.91 Å². The van der Waals surface area contributed by atoms with E-state index in [1.807, 2.05) is 36.1 Å². The van der Waals surface area contributed by atoms with Gasteiger partial charge < -0.3 is 15.5 Å². The van der Waals surface area contributed by atoms with Gasteiger partial charge in [0.25, 0.3) is 5.91 Å². The minimum Gasteiger partial charge on any atom is -0.353 e. The summed E-state index contributed by atoms with van der Waals surface area (Å²) in [6.07, 6.45) is 3.71. The average Bonchev–Trinajstić information content (AvgIpc) is 2.62. The van der Waals surface area contributed by atoms with Crippen LogP contribution in [0.1, 0.15) is 48.5 Å². The molecule has 3 atom stereocenters. The van der Waals surface area contributed by atoms with Crippen LogP contribution in [0.4, 0.5) is 0 Å². The largest absolute Gasteiger partial charge is 0.353 e. The number of carbonyl (C=O) groups excluding carboxylic acids is 2. The molecule has 2 aliphatic heterocycles. The predicted octanol–water partition coefficient (Wildman–Crippen LogP) is 2.10. The van der Waals surface area contributed by atoms with Crippen LogP contribution >= 0.6 is 0 Å². The van der Waals surface area contributed by atoms with E-state index in [0.29, 0.717) is 18.2 Å². The summed E-state index contributed by atoms with van der Waals surface area (Å²) in [5, 5.41) is 6.61. The molecule has 2 amide bonds. The van der Waals surface area contributed by atoms with Crippen LogP contribution in [0.15, 0.2) is 24.3 Å². The molecule has 0 aliphatic carbocycles. The predicted molar refractivity (Wildman–Crippen MR) is 98.4 cm³/mol. The molecule has 136 valence electrons. The van der Waals surface area contributed by atoms with Crippen LogP contribution in [0.3, 0.4) is 0 Å². The summed E-state index contributed by atoms with van der Waals surface area (Å²) in [5.41, 5.74) is 1.85. The van der Waals surface area contributed by atoms with Crippen molar-refractivity contribution in [2.45, 2.75) is 51.6 Å². The van der Waals surface area contributed by atoms with Gasteiger partial charge in [0.05, 0.1) is 5.92 Å². The Morgan fingerprint density at radius 2 is 1.96 bits per heavy atom. The first-order chi connectivity index (χ1) is 12.0. The van der Waals surface area contributed by atoms with Crippen molar-refractivity contribution in [2.75, 3.05) is 19.6 Å². The number of nitrogens with zero attached hydrogens (tertiary/aromatic N) is 1. The molecule has 3 rings (SSSR count). The molecule has 2 fully saturated rings. The fraction of sp³-hybridized carbons (Fsp3) is 0.600. The maximum Gasteiger partial charge on any atom is 0.253 e. The van der Waals surface area contributed by atoms with Crippen LogP contribution in [0.5, 0.6) is 0 Å². The second-order valence-corrected chi connectivity index (χ2v) is 7.54. The number of hydrogen-bond acceptors (Lipinski definition) is 3. The van der Waals surface area contributed by atoms with E-state index in [2.05, 4.69) is 17.6 Å². The van der Waals surface area contributed by atoms with Crippen LogP contribution in [0, 0.1) is 12.8 Å². The van der Waals surface area contributed by atoms with Crippen LogP contribution < -0.4 is 10.6 Å². The number of nitrogens with one attached hydrogen (secondary N) is 2. The van der Waals surface area contributed by atoms with Gasteiger partial charge in [-0.25, -0.2) is 0 Å². The number of aryl methyl sites for hydroxylation is 1. The molecule has 2 aliphatic rings. The van der Waals surface area contributed by atoms with Gasteiger partial charge >= 0.3 is 0 Å². The van der Waals surface area contributed by atoms with E-state index in [0.717, 1.165) is 44.3 Å². The molecule has 2 saturated heterocycles. The highest BCUT2D eigenvalue weighted by molar-refractivity contribution is 5.94. The van der Waals surface area contributed by atoms with E-state index in [1.165, 1.54) is 0 Å². The lowest BCUT2D eigenvalue weighted by Gasteiger charge is -2.34. The standard InChI is InChI=1S/C20H29N3O2/c1-14-5-7-16(8-6-14)20(25)23-11-3-4-17(13-23)19(24)22-18-9-10-21-15(2)12-18/h5-8,15,17-18,21H,3-4,9-13H2,1-2H3,(H,22,24). The first-order valence-electron chi connectivity index (χ1n) is 9.42. The van der Waals surface area contributed by atoms with Crippen LogP contribution in [0.2, 0.25) is 0 Å². The Labute approximate surface area is 150 Å². The number of piperidine rings is 2. The monoisotopic (exact) mass is 343 g/mol. The summed E-state index contributed by atoms with van der Waals surface area (Å²) >= 11 is 0. The van der Waals surface area contributed by atoms with E-state index in [1.54, 1.807) is 0 Å². The number of hydrogen-bond donors (Lipinski definition) is 2. The molecule has 1 aromatic carbocycles. The van der Waals surface area contributed by atoms with Crippen molar-refractivity contribution in [3.63, 3.8) is 0 Å². The van der Waals surface area contributed by atoms with Gasteiger partial charge in [0.1, 0.15) is 0 Å². The maximum absolute atomic E-state index is 12.7. The Hall–Kier alpha value is -1.88. The molecule has 25 heavy (non-hydrogen) atoms. The highest BCUT2D eigenvalue weighted by Gasteiger charge is 2.30. The Kier molecular flexibility index (Phi) is 5.74.